The molecule has 1 aliphatic carbocycles. The van der Waals surface area contributed by atoms with Gasteiger partial charge in [-0.25, -0.2) is 36.9 Å². The topological polar surface area (TPSA) is 126 Å². The maximum Gasteiger partial charge on any atom is 0.344 e. The lowest BCUT2D eigenvalue weighted by Gasteiger charge is -2.23. The Kier molecular flexibility index (Phi) is 7.94. The summed E-state index contributed by atoms with van der Waals surface area (Å²) in [5.74, 6) is 0.0541. The van der Waals surface area contributed by atoms with Gasteiger partial charge in [0.2, 0.25) is 10.0 Å². The van der Waals surface area contributed by atoms with Gasteiger partial charge in [-0.05, 0) is 55.2 Å². The molecule has 32 heavy (non-hydrogen) atoms. The van der Waals surface area contributed by atoms with E-state index in [1.54, 1.807) is 12.1 Å². The van der Waals surface area contributed by atoms with Crippen molar-refractivity contribution in [2.45, 2.75) is 58.5 Å². The number of sulfonamides is 1. The summed E-state index contributed by atoms with van der Waals surface area (Å²) in [6.45, 7) is 4.58. The number of halogens is 1. The Morgan fingerprint density at radius 1 is 1.22 bits per heavy atom. The molecule has 1 heterocycles. The molecule has 0 aliphatic heterocycles. The monoisotopic (exact) mass is 470 g/mol. The summed E-state index contributed by atoms with van der Waals surface area (Å²) in [5.41, 5.74) is -0.418. The van der Waals surface area contributed by atoms with Crippen molar-refractivity contribution in [3.05, 3.63) is 50.5 Å². The van der Waals surface area contributed by atoms with Crippen LogP contribution >= 0.6 is 0 Å². The van der Waals surface area contributed by atoms with Crippen LogP contribution in [0.15, 0.2) is 27.8 Å². The minimum absolute atomic E-state index is 0.0520. The van der Waals surface area contributed by atoms with Gasteiger partial charge >= 0.3 is 11.4 Å². The summed E-state index contributed by atoms with van der Waals surface area (Å²) < 4.78 is 49.0. The zero-order valence-corrected chi connectivity index (χ0v) is 19.2. The molecular weight excluding hydrogens is 439 g/mol. The molecule has 11 heteroatoms. The number of benzene rings is 1. The van der Waals surface area contributed by atoms with E-state index < -0.39 is 33.3 Å². The molecule has 0 amide bonds. The van der Waals surface area contributed by atoms with Gasteiger partial charge in [0.15, 0.2) is 11.6 Å². The Bertz CT molecular complexity index is 1120. The third-order valence-corrected chi connectivity index (χ3v) is 6.90. The highest BCUT2D eigenvalue weighted by Crippen LogP contribution is 2.32. The first kappa shape index (κ1) is 24.2. The van der Waals surface area contributed by atoms with E-state index in [-0.39, 0.29) is 17.4 Å². The number of hydrogen-bond acceptors (Lipinski definition) is 5. The highest BCUT2D eigenvalue weighted by Gasteiger charge is 2.25. The van der Waals surface area contributed by atoms with Crippen LogP contribution in [0.2, 0.25) is 0 Å². The average Bonchev–Trinajstić information content (AvgIpc) is 3.49. The Morgan fingerprint density at radius 2 is 1.97 bits per heavy atom. The molecule has 1 aromatic heterocycles. The van der Waals surface area contributed by atoms with Gasteiger partial charge in [-0.2, -0.15) is 0 Å². The van der Waals surface area contributed by atoms with Crippen molar-refractivity contribution in [1.82, 2.24) is 19.5 Å². The number of unbranched alkanes of at least 4 members (excludes halogenated alkanes) is 2. The Labute approximate surface area is 186 Å². The Balaban J connectivity index is 1.54. The van der Waals surface area contributed by atoms with Gasteiger partial charge in [0.1, 0.15) is 0 Å². The Hall–Kier alpha value is -2.40. The van der Waals surface area contributed by atoms with Crippen molar-refractivity contribution in [1.29, 1.82) is 0 Å². The van der Waals surface area contributed by atoms with E-state index in [1.165, 1.54) is 10.7 Å². The zero-order valence-electron chi connectivity index (χ0n) is 18.4. The van der Waals surface area contributed by atoms with E-state index in [9.17, 15) is 22.4 Å². The largest absolute Gasteiger partial charge is 0.490 e. The number of aromatic amines is 2. The van der Waals surface area contributed by atoms with Crippen LogP contribution in [0, 0.1) is 17.7 Å². The van der Waals surface area contributed by atoms with Gasteiger partial charge in [-0.1, -0.05) is 26.3 Å². The van der Waals surface area contributed by atoms with E-state index in [0.29, 0.717) is 43.9 Å². The highest BCUT2D eigenvalue weighted by atomic mass is 32.2. The van der Waals surface area contributed by atoms with Gasteiger partial charge in [0.25, 0.3) is 0 Å². The first-order valence-electron chi connectivity index (χ1n) is 11.0. The fourth-order valence-corrected chi connectivity index (χ4v) is 4.92. The summed E-state index contributed by atoms with van der Waals surface area (Å²) in [7, 11) is -3.58. The van der Waals surface area contributed by atoms with E-state index in [4.69, 9.17) is 4.74 Å². The molecule has 1 atom stereocenters. The van der Waals surface area contributed by atoms with Crippen LogP contribution < -0.4 is 20.8 Å². The van der Waals surface area contributed by atoms with E-state index >= 15 is 0 Å². The first-order valence-corrected chi connectivity index (χ1v) is 12.6. The van der Waals surface area contributed by atoms with Crippen LogP contribution in [-0.4, -0.2) is 35.5 Å². The molecule has 1 fully saturated rings. The minimum atomic E-state index is -3.58. The van der Waals surface area contributed by atoms with Crippen LogP contribution in [0.1, 0.15) is 57.6 Å². The molecule has 0 bridgehead atoms. The highest BCUT2D eigenvalue weighted by molar-refractivity contribution is 7.89. The molecular formula is C21H31FN4O5S. The van der Waals surface area contributed by atoms with Crippen molar-refractivity contribution in [2.75, 3.05) is 12.4 Å². The lowest BCUT2D eigenvalue weighted by Crippen LogP contribution is -2.33. The summed E-state index contributed by atoms with van der Waals surface area (Å²) in [5, 5.41) is 2.36. The lowest BCUT2D eigenvalue weighted by molar-refractivity contribution is 0.284. The van der Waals surface area contributed by atoms with Gasteiger partial charge in [-0.15, -0.1) is 0 Å². The zero-order chi connectivity index (χ0) is 23.3. The van der Waals surface area contributed by atoms with E-state index in [0.717, 1.165) is 12.8 Å². The third kappa shape index (κ3) is 7.06. The van der Waals surface area contributed by atoms with Crippen LogP contribution in [0.3, 0.4) is 0 Å². The van der Waals surface area contributed by atoms with Crippen molar-refractivity contribution >= 4 is 10.0 Å². The molecule has 3 N–H and O–H groups in total. The molecule has 0 saturated heterocycles. The second-order valence-corrected chi connectivity index (χ2v) is 10.6. The van der Waals surface area contributed by atoms with Crippen LogP contribution in [0.5, 0.6) is 5.75 Å². The number of rotatable bonds is 13. The summed E-state index contributed by atoms with van der Waals surface area (Å²) >= 11 is 0. The summed E-state index contributed by atoms with van der Waals surface area (Å²) in [6, 6.07) is 3.98. The fourth-order valence-electron chi connectivity index (χ4n) is 3.42. The van der Waals surface area contributed by atoms with Crippen molar-refractivity contribution in [2.24, 2.45) is 11.8 Å². The van der Waals surface area contributed by atoms with Crippen LogP contribution in [0.25, 0.3) is 0 Å². The maximum atomic E-state index is 14.1. The van der Waals surface area contributed by atoms with Gasteiger partial charge < -0.3 is 4.74 Å². The summed E-state index contributed by atoms with van der Waals surface area (Å²) in [6.07, 6.45) is 3.72. The molecule has 9 nitrogen and oxygen atoms in total. The minimum Gasteiger partial charge on any atom is -0.490 e. The maximum absolute atomic E-state index is 14.1. The molecule has 2 aromatic rings. The lowest BCUT2D eigenvalue weighted by atomic mass is 9.97. The normalized spacial score (nSPS) is 15.2. The summed E-state index contributed by atoms with van der Waals surface area (Å²) in [4.78, 5) is 24.6. The van der Waals surface area contributed by atoms with E-state index in [1.807, 2.05) is 13.8 Å². The number of H-pyrrole nitrogens is 2. The number of aromatic nitrogens is 3. The average molecular weight is 471 g/mol. The molecule has 1 aromatic carbocycles. The van der Waals surface area contributed by atoms with Crippen molar-refractivity contribution < 1.29 is 17.5 Å². The molecule has 0 unspecified atom stereocenters. The van der Waals surface area contributed by atoms with Gasteiger partial charge in [-0.3, -0.25) is 4.98 Å². The molecule has 0 radical (unpaired) electrons. The number of hydrogen-bond donors (Lipinski definition) is 3. The van der Waals surface area contributed by atoms with Crippen molar-refractivity contribution in [3.63, 3.8) is 0 Å². The second-order valence-electron chi connectivity index (χ2n) is 8.69. The number of aryl methyl sites for hydroxylation is 1. The molecule has 3 rings (SSSR count). The predicted molar refractivity (Wildman–Crippen MR) is 119 cm³/mol. The standard InChI is InChI=1S/C21H31FN4O5S/c1-14(2)19(16-8-9-17(22)18(12-16)31-13-15-6-7-15)25-32(29,30)11-5-3-4-10-26-21(28)23-20(27)24-26/h8-9,12,14-15,19,25H,3-7,10-11,13H2,1-2H3,(H2,23,24,27,28)/t19-/m1/s1. The number of nitrogens with zero attached hydrogens (tertiary/aromatic N) is 1. The first-order chi connectivity index (χ1) is 15.1. The molecule has 178 valence electrons. The third-order valence-electron chi connectivity index (χ3n) is 5.46. The molecule has 0 spiro atoms. The Morgan fingerprint density at radius 3 is 2.59 bits per heavy atom. The smallest absolute Gasteiger partial charge is 0.344 e. The van der Waals surface area contributed by atoms with Crippen LogP contribution in [0.4, 0.5) is 4.39 Å². The van der Waals surface area contributed by atoms with Crippen molar-refractivity contribution in [3.8, 4) is 5.75 Å². The SMILES string of the molecule is CC(C)[C@@H](NS(=O)(=O)CCCCCn1[nH]c(=O)[nH]c1=O)c1ccc(F)c(OCC2CC2)c1. The van der Waals surface area contributed by atoms with Crippen LogP contribution in [-0.2, 0) is 16.6 Å². The molecule has 1 aliphatic rings. The quantitative estimate of drug-likeness (QED) is 0.387. The molecule has 1 saturated carbocycles. The second kappa shape index (κ2) is 10.5. The predicted octanol–water partition coefficient (Wildman–Crippen LogP) is 2.28. The number of nitrogens with one attached hydrogen (secondary N) is 3. The number of ether oxygens (including phenoxy) is 1. The fraction of sp³-hybridized carbons (Fsp3) is 0.619. The van der Waals surface area contributed by atoms with Gasteiger partial charge in [0.05, 0.1) is 12.4 Å². The van der Waals surface area contributed by atoms with E-state index in [2.05, 4.69) is 14.8 Å². The van der Waals surface area contributed by atoms with Gasteiger partial charge in [0, 0.05) is 12.6 Å².